The van der Waals surface area contributed by atoms with E-state index in [1.165, 1.54) is 16.3 Å². The summed E-state index contributed by atoms with van der Waals surface area (Å²) in [5.41, 5.74) is 7.04. The number of esters is 1. The lowest BCUT2D eigenvalue weighted by molar-refractivity contribution is -0.133. The molecule has 2 aliphatic rings. The zero-order chi connectivity index (χ0) is 34.8. The normalized spacial score (nSPS) is 14.2. The Morgan fingerprint density at radius 2 is 1.58 bits per heavy atom. The minimum Gasteiger partial charge on any atom is -0.497 e. The van der Waals surface area contributed by atoms with Crippen LogP contribution in [0.5, 0.6) is 23.0 Å². The summed E-state index contributed by atoms with van der Waals surface area (Å²) in [6.07, 6.45) is 1.70. The number of carbonyl (C=O) groups excluding carboxylic acids is 1. The van der Waals surface area contributed by atoms with Crippen molar-refractivity contribution in [3.05, 3.63) is 131 Å². The quantitative estimate of drug-likeness (QED) is 0.102. The minimum absolute atomic E-state index is 0.0835. The van der Waals surface area contributed by atoms with Crippen LogP contribution in [0.4, 0.5) is 11.4 Å². The van der Waals surface area contributed by atoms with Crippen molar-refractivity contribution in [1.82, 2.24) is 0 Å². The Bertz CT molecular complexity index is 2070. The van der Waals surface area contributed by atoms with E-state index in [4.69, 9.17) is 23.7 Å². The van der Waals surface area contributed by atoms with Crippen LogP contribution in [0.15, 0.2) is 103 Å². The van der Waals surface area contributed by atoms with Crippen molar-refractivity contribution >= 4 is 45.8 Å². The van der Waals surface area contributed by atoms with Gasteiger partial charge in [0.2, 0.25) is 11.9 Å². The molecule has 0 bridgehead atoms. The Labute approximate surface area is 297 Å². The number of fused-ring (bicyclic) bond motifs is 2. The van der Waals surface area contributed by atoms with Gasteiger partial charge in [-0.05, 0) is 90.6 Å². The predicted molar refractivity (Wildman–Crippen MR) is 200 cm³/mol. The molecular weight excluding hydrogens is 649 g/mol. The molecule has 0 aromatic heterocycles. The molecule has 0 amide bonds. The maximum Gasteiger partial charge on any atom is 0.340 e. The van der Waals surface area contributed by atoms with Gasteiger partial charge in [-0.25, -0.2) is 4.79 Å². The van der Waals surface area contributed by atoms with E-state index in [0.29, 0.717) is 41.1 Å². The van der Waals surface area contributed by atoms with E-state index in [1.54, 1.807) is 33.5 Å². The Morgan fingerprint density at radius 1 is 0.820 bits per heavy atom. The van der Waals surface area contributed by atoms with Gasteiger partial charge in [-0.15, -0.1) is 0 Å². The second kappa shape index (κ2) is 14.3. The first-order valence-corrected chi connectivity index (χ1v) is 17.3. The van der Waals surface area contributed by atoms with Gasteiger partial charge in [0.1, 0.15) is 5.75 Å². The number of benzene rings is 5. The maximum absolute atomic E-state index is 13.8. The molecule has 0 atom stereocenters. The van der Waals surface area contributed by atoms with E-state index in [2.05, 4.69) is 57.6 Å². The van der Waals surface area contributed by atoms with Gasteiger partial charge in [0.05, 0.1) is 56.5 Å². The molecule has 5 aromatic carbocycles. The van der Waals surface area contributed by atoms with Crippen LogP contribution in [0, 0.1) is 6.10 Å². The first kappa shape index (κ1) is 33.2. The molecule has 7 rings (SSSR count). The van der Waals surface area contributed by atoms with Crippen molar-refractivity contribution < 1.29 is 28.5 Å². The zero-order valence-electron chi connectivity index (χ0n) is 28.7. The summed E-state index contributed by atoms with van der Waals surface area (Å²) in [6, 6.07) is 32.5. The number of cyclic esters (lactones) is 1. The van der Waals surface area contributed by atoms with E-state index in [1.807, 2.05) is 62.4 Å². The number of hydrogen-bond acceptors (Lipinski definition) is 9. The van der Waals surface area contributed by atoms with Crippen molar-refractivity contribution in [1.29, 1.82) is 0 Å². The number of nitrogens with one attached hydrogen (secondary N) is 1. The van der Waals surface area contributed by atoms with Gasteiger partial charge in [0.15, 0.2) is 11.5 Å². The van der Waals surface area contributed by atoms with Crippen molar-refractivity contribution in [2.45, 2.75) is 32.8 Å². The standard InChI is InChI=1S/C41H39N2O6S/c1-25(2)48-37-23-26(22-36(46-4)40(37)47-5)21-33-38(41(44)49-39(33)29-13-16-31(45-3)17-14-29)30-15-18-35-34(24-30)42-50-43(35)20-19-28-11-8-10-27-9-6-7-12-32(27)28/h6-18,22-25,42H,19-21H2,1-5H3. The third kappa shape index (κ3) is 6.53. The van der Waals surface area contributed by atoms with Crippen LogP contribution in [0.25, 0.3) is 16.3 Å². The predicted octanol–water partition coefficient (Wildman–Crippen LogP) is 8.82. The number of methoxy groups -OCH3 is 3. The maximum atomic E-state index is 13.8. The smallest absolute Gasteiger partial charge is 0.340 e. The highest BCUT2D eigenvalue weighted by molar-refractivity contribution is 8.02. The number of carbonyl (C=O) groups is 1. The third-order valence-electron chi connectivity index (χ3n) is 8.86. The molecule has 50 heavy (non-hydrogen) atoms. The molecule has 1 radical (unpaired) electrons. The number of nitrogens with zero attached hydrogens (tertiary/aromatic N) is 1. The number of ether oxygens (including phenoxy) is 5. The van der Waals surface area contributed by atoms with Gasteiger partial charge in [-0.3, -0.25) is 4.31 Å². The summed E-state index contributed by atoms with van der Waals surface area (Å²) in [5.74, 6) is 1.94. The first-order valence-electron chi connectivity index (χ1n) is 16.6. The van der Waals surface area contributed by atoms with Crippen LogP contribution in [0.2, 0.25) is 0 Å². The molecule has 8 nitrogen and oxygen atoms in total. The van der Waals surface area contributed by atoms with Crippen LogP contribution in [0.1, 0.15) is 36.1 Å². The molecule has 0 fully saturated rings. The summed E-state index contributed by atoms with van der Waals surface area (Å²) < 4.78 is 34.7. The fraction of sp³-hybridized carbons (Fsp3) is 0.220. The Hall–Kier alpha value is -5.28. The highest BCUT2D eigenvalue weighted by Crippen LogP contribution is 2.47. The summed E-state index contributed by atoms with van der Waals surface area (Å²) in [7, 11) is 4.82. The first-order chi connectivity index (χ1) is 24.4. The molecular formula is C41H39N2O6S. The van der Waals surface area contributed by atoms with Crippen LogP contribution >= 0.6 is 12.1 Å². The lowest BCUT2D eigenvalue weighted by Crippen LogP contribution is -2.15. The van der Waals surface area contributed by atoms with E-state index >= 15 is 0 Å². The van der Waals surface area contributed by atoms with E-state index in [9.17, 15) is 4.79 Å². The third-order valence-corrected chi connectivity index (χ3v) is 9.77. The number of hydrogen-bond donors (Lipinski definition) is 1. The largest absolute Gasteiger partial charge is 0.497 e. The van der Waals surface area contributed by atoms with Gasteiger partial charge in [0.25, 0.3) is 0 Å². The minimum atomic E-state index is -0.400. The van der Waals surface area contributed by atoms with Crippen LogP contribution in [-0.2, 0) is 22.4 Å². The highest BCUT2D eigenvalue weighted by Gasteiger charge is 2.38. The van der Waals surface area contributed by atoms with Crippen molar-refractivity contribution in [3.8, 4) is 23.0 Å². The average Bonchev–Trinajstić information content (AvgIpc) is 3.69. The van der Waals surface area contributed by atoms with Crippen molar-refractivity contribution in [2.24, 2.45) is 0 Å². The average molecular weight is 688 g/mol. The summed E-state index contributed by atoms with van der Waals surface area (Å²) in [5, 5.41) is 2.53. The lowest BCUT2D eigenvalue weighted by atomic mass is 9.90. The molecule has 0 saturated heterocycles. The molecule has 2 heterocycles. The molecule has 0 spiro atoms. The second-order valence-corrected chi connectivity index (χ2v) is 13.2. The van der Waals surface area contributed by atoms with Gasteiger partial charge in [-0.2, -0.15) is 0 Å². The van der Waals surface area contributed by atoms with E-state index < -0.39 is 5.97 Å². The Kier molecular flexibility index (Phi) is 9.50. The zero-order valence-corrected chi connectivity index (χ0v) is 29.6. The summed E-state index contributed by atoms with van der Waals surface area (Å²) in [6.45, 7) is 4.75. The van der Waals surface area contributed by atoms with Crippen molar-refractivity contribution in [3.63, 3.8) is 0 Å². The van der Waals surface area contributed by atoms with Gasteiger partial charge in [0, 0.05) is 17.7 Å². The van der Waals surface area contributed by atoms with Gasteiger partial charge in [-0.1, -0.05) is 60.7 Å². The second-order valence-electron chi connectivity index (χ2n) is 12.4. The van der Waals surface area contributed by atoms with Crippen molar-refractivity contribution in [2.75, 3.05) is 36.9 Å². The fourth-order valence-corrected chi connectivity index (χ4v) is 7.36. The SMILES string of the molecule is COc1ccc([C]2OC(=O)C(c3ccc4c(c3)NSN4CCc3cccc4ccccc34)=C2Cc2cc(OC)c(OC)c(OC(C)C)c2)cc1. The molecule has 9 heteroatoms. The van der Waals surface area contributed by atoms with Crippen LogP contribution in [0.3, 0.4) is 0 Å². The fourth-order valence-electron chi connectivity index (χ4n) is 6.55. The molecule has 255 valence electrons. The Balaban J connectivity index is 1.24. The lowest BCUT2D eigenvalue weighted by Gasteiger charge is -2.19. The number of anilines is 2. The van der Waals surface area contributed by atoms with Gasteiger partial charge >= 0.3 is 5.97 Å². The monoisotopic (exact) mass is 687 g/mol. The molecule has 0 unspecified atom stereocenters. The summed E-state index contributed by atoms with van der Waals surface area (Å²) in [4.78, 5) is 13.8. The molecule has 5 aromatic rings. The number of rotatable bonds is 12. The molecule has 2 aliphatic heterocycles. The molecule has 1 N–H and O–H groups in total. The Morgan fingerprint density at radius 3 is 2.34 bits per heavy atom. The highest BCUT2D eigenvalue weighted by atomic mass is 32.2. The van der Waals surface area contributed by atoms with E-state index in [-0.39, 0.29) is 6.10 Å². The van der Waals surface area contributed by atoms with Crippen LogP contribution in [-0.4, -0.2) is 39.9 Å². The molecule has 0 saturated carbocycles. The molecule has 0 aliphatic carbocycles. The van der Waals surface area contributed by atoms with E-state index in [0.717, 1.165) is 46.6 Å². The topological polar surface area (TPSA) is 78.5 Å². The van der Waals surface area contributed by atoms with Gasteiger partial charge < -0.3 is 28.4 Å². The van der Waals surface area contributed by atoms with Crippen LogP contribution < -0.4 is 28.0 Å². The summed E-state index contributed by atoms with van der Waals surface area (Å²) >= 11 is 1.56.